The van der Waals surface area contributed by atoms with Gasteiger partial charge in [-0.3, -0.25) is 13.9 Å². The van der Waals surface area contributed by atoms with Crippen LogP contribution in [0.15, 0.2) is 42.5 Å². The van der Waals surface area contributed by atoms with Gasteiger partial charge in [-0.1, -0.05) is 42.8 Å². The minimum absolute atomic E-state index is 0.164. The standard InChI is InChI=1S/C27H39N3O5S/c1-9-22(26(32)28-27(4,5)6)29(17-21-13-10-19(2)11-14-21)25(31)18-30(36(8,33)34)23-16-20(3)12-15-24(23)35-7/h10-16,22H,9,17-18H2,1-8H3,(H,28,32)/t22-/m0/s1. The van der Waals surface area contributed by atoms with Crippen LogP contribution in [0, 0.1) is 13.8 Å². The molecule has 9 heteroatoms. The first-order valence-corrected chi connectivity index (χ1v) is 13.8. The van der Waals surface area contributed by atoms with E-state index in [0.29, 0.717) is 12.2 Å². The minimum Gasteiger partial charge on any atom is -0.495 e. The number of amides is 2. The Kier molecular flexibility index (Phi) is 9.54. The summed E-state index contributed by atoms with van der Waals surface area (Å²) in [5.74, 6) is -0.439. The number of rotatable bonds is 10. The number of carbonyl (C=O) groups is 2. The number of anilines is 1. The van der Waals surface area contributed by atoms with E-state index in [0.717, 1.165) is 27.3 Å². The molecule has 1 atom stereocenters. The monoisotopic (exact) mass is 517 g/mol. The van der Waals surface area contributed by atoms with Gasteiger partial charge in [0.2, 0.25) is 21.8 Å². The first kappa shape index (κ1) is 29.2. The van der Waals surface area contributed by atoms with Gasteiger partial charge in [0, 0.05) is 12.1 Å². The van der Waals surface area contributed by atoms with Crippen LogP contribution in [0.4, 0.5) is 5.69 Å². The van der Waals surface area contributed by atoms with Gasteiger partial charge >= 0.3 is 0 Å². The van der Waals surface area contributed by atoms with Crippen molar-refractivity contribution in [3.63, 3.8) is 0 Å². The predicted octanol–water partition coefficient (Wildman–Crippen LogP) is 3.80. The summed E-state index contributed by atoms with van der Waals surface area (Å²) in [5, 5.41) is 2.96. The molecule has 0 saturated heterocycles. The van der Waals surface area contributed by atoms with E-state index in [1.54, 1.807) is 18.2 Å². The van der Waals surface area contributed by atoms with Crippen LogP contribution in [0.25, 0.3) is 0 Å². The van der Waals surface area contributed by atoms with E-state index in [1.807, 2.05) is 65.8 Å². The minimum atomic E-state index is -3.85. The number of hydrogen-bond acceptors (Lipinski definition) is 5. The molecule has 0 fully saturated rings. The number of aryl methyl sites for hydroxylation is 2. The summed E-state index contributed by atoms with van der Waals surface area (Å²) in [6.45, 7) is 11.0. The highest BCUT2D eigenvalue weighted by Crippen LogP contribution is 2.31. The Morgan fingerprint density at radius 3 is 2.11 bits per heavy atom. The van der Waals surface area contributed by atoms with Gasteiger partial charge in [-0.2, -0.15) is 0 Å². The van der Waals surface area contributed by atoms with Crippen LogP contribution < -0.4 is 14.4 Å². The Balaban J connectivity index is 2.52. The molecule has 0 aliphatic heterocycles. The molecule has 0 heterocycles. The number of nitrogens with one attached hydrogen (secondary N) is 1. The molecule has 1 N–H and O–H groups in total. The van der Waals surface area contributed by atoms with Crippen LogP contribution in [0.3, 0.4) is 0 Å². The van der Waals surface area contributed by atoms with Crippen LogP contribution >= 0.6 is 0 Å². The lowest BCUT2D eigenvalue weighted by Gasteiger charge is -2.34. The maximum atomic E-state index is 13.8. The van der Waals surface area contributed by atoms with Gasteiger partial charge in [-0.05, 0) is 64.3 Å². The van der Waals surface area contributed by atoms with Crippen LogP contribution in [0.2, 0.25) is 0 Å². The highest BCUT2D eigenvalue weighted by atomic mass is 32.2. The number of hydrogen-bond donors (Lipinski definition) is 1. The van der Waals surface area contributed by atoms with Crippen molar-refractivity contribution in [3.05, 3.63) is 59.2 Å². The van der Waals surface area contributed by atoms with Crippen molar-refractivity contribution in [2.75, 3.05) is 24.2 Å². The second-order valence-electron chi connectivity index (χ2n) is 10.1. The number of benzene rings is 2. The highest BCUT2D eigenvalue weighted by Gasteiger charge is 2.33. The van der Waals surface area contributed by atoms with Gasteiger partial charge in [0.1, 0.15) is 18.3 Å². The molecule has 0 unspecified atom stereocenters. The van der Waals surface area contributed by atoms with Crippen LogP contribution in [0.5, 0.6) is 5.75 Å². The Labute approximate surface area is 215 Å². The second kappa shape index (κ2) is 11.8. The molecule has 8 nitrogen and oxygen atoms in total. The molecule has 0 radical (unpaired) electrons. The van der Waals surface area contributed by atoms with Crippen molar-refractivity contribution in [2.45, 2.75) is 66.1 Å². The Hall–Kier alpha value is -3.07. The summed E-state index contributed by atoms with van der Waals surface area (Å²) >= 11 is 0. The molecular weight excluding hydrogens is 478 g/mol. The topological polar surface area (TPSA) is 96.0 Å². The fourth-order valence-electron chi connectivity index (χ4n) is 3.85. The van der Waals surface area contributed by atoms with Crippen molar-refractivity contribution in [1.82, 2.24) is 10.2 Å². The average molecular weight is 518 g/mol. The smallest absolute Gasteiger partial charge is 0.244 e. The van der Waals surface area contributed by atoms with E-state index in [-0.39, 0.29) is 18.1 Å². The van der Waals surface area contributed by atoms with Crippen molar-refractivity contribution >= 4 is 27.5 Å². The number of nitrogens with zero attached hydrogens (tertiary/aromatic N) is 2. The van der Waals surface area contributed by atoms with Gasteiger partial charge in [0.25, 0.3) is 0 Å². The SMILES string of the molecule is CC[C@@H](C(=O)NC(C)(C)C)N(Cc1ccc(C)cc1)C(=O)CN(c1cc(C)ccc1OC)S(C)(=O)=O. The lowest BCUT2D eigenvalue weighted by molar-refractivity contribution is -0.141. The van der Waals surface area contributed by atoms with Crippen molar-refractivity contribution < 1.29 is 22.7 Å². The van der Waals surface area contributed by atoms with E-state index in [2.05, 4.69) is 5.32 Å². The lowest BCUT2D eigenvalue weighted by atomic mass is 10.1. The van der Waals surface area contributed by atoms with Crippen molar-refractivity contribution in [3.8, 4) is 5.75 Å². The van der Waals surface area contributed by atoms with Crippen LogP contribution in [-0.4, -0.2) is 56.6 Å². The highest BCUT2D eigenvalue weighted by molar-refractivity contribution is 7.92. The molecule has 198 valence electrons. The number of methoxy groups -OCH3 is 1. The first-order valence-electron chi connectivity index (χ1n) is 12.0. The molecule has 0 aliphatic carbocycles. The Bertz CT molecular complexity index is 1170. The van der Waals surface area contributed by atoms with Crippen LogP contribution in [-0.2, 0) is 26.2 Å². The average Bonchev–Trinajstić information content (AvgIpc) is 2.76. The normalized spacial score (nSPS) is 12.6. The molecule has 0 spiro atoms. The largest absolute Gasteiger partial charge is 0.495 e. The van der Waals surface area contributed by atoms with Gasteiger partial charge in [0.15, 0.2) is 0 Å². The van der Waals surface area contributed by atoms with Crippen molar-refractivity contribution in [2.24, 2.45) is 0 Å². The molecule has 2 aromatic rings. The summed E-state index contributed by atoms with van der Waals surface area (Å²) < 4.78 is 32.1. The number of carbonyl (C=O) groups excluding carboxylic acids is 2. The maximum absolute atomic E-state index is 13.8. The zero-order valence-electron chi connectivity index (χ0n) is 22.6. The third kappa shape index (κ3) is 7.98. The second-order valence-corrected chi connectivity index (χ2v) is 12.0. The molecule has 0 aliphatic rings. The maximum Gasteiger partial charge on any atom is 0.244 e. The van der Waals surface area contributed by atoms with E-state index in [9.17, 15) is 18.0 Å². The van der Waals surface area contributed by atoms with Gasteiger partial charge < -0.3 is 15.0 Å². The summed E-state index contributed by atoms with van der Waals surface area (Å²) in [6, 6.07) is 12.0. The first-order chi connectivity index (χ1) is 16.7. The number of sulfonamides is 1. The molecule has 0 aromatic heterocycles. The lowest BCUT2D eigenvalue weighted by Crippen LogP contribution is -2.55. The van der Waals surface area contributed by atoms with Gasteiger partial charge in [0.05, 0.1) is 19.1 Å². The number of ether oxygens (including phenoxy) is 1. The summed E-state index contributed by atoms with van der Waals surface area (Å²) in [7, 11) is -2.40. The Morgan fingerprint density at radius 1 is 1.03 bits per heavy atom. The predicted molar refractivity (Wildman–Crippen MR) is 144 cm³/mol. The summed E-state index contributed by atoms with van der Waals surface area (Å²) in [5.41, 5.74) is 2.52. The fourth-order valence-corrected chi connectivity index (χ4v) is 4.70. The zero-order valence-corrected chi connectivity index (χ0v) is 23.4. The van der Waals surface area contributed by atoms with Gasteiger partial charge in [-0.25, -0.2) is 8.42 Å². The molecule has 0 saturated carbocycles. The third-order valence-electron chi connectivity index (χ3n) is 5.64. The van der Waals surface area contributed by atoms with Crippen molar-refractivity contribution in [1.29, 1.82) is 0 Å². The molecule has 36 heavy (non-hydrogen) atoms. The van der Waals surface area contributed by atoms with E-state index in [1.165, 1.54) is 12.0 Å². The van der Waals surface area contributed by atoms with Crippen LogP contribution in [0.1, 0.15) is 50.8 Å². The zero-order chi connectivity index (χ0) is 27.3. The van der Waals surface area contributed by atoms with Gasteiger partial charge in [-0.15, -0.1) is 0 Å². The molecule has 2 amide bonds. The molecule has 2 rings (SSSR count). The fraction of sp³-hybridized carbons (Fsp3) is 0.481. The molecular formula is C27H39N3O5S. The summed E-state index contributed by atoms with van der Waals surface area (Å²) in [4.78, 5) is 28.5. The third-order valence-corrected chi connectivity index (χ3v) is 6.77. The quantitative estimate of drug-likeness (QED) is 0.517. The van der Waals surface area contributed by atoms with E-state index in [4.69, 9.17) is 4.74 Å². The Morgan fingerprint density at radius 2 is 1.61 bits per heavy atom. The van der Waals surface area contributed by atoms with E-state index < -0.39 is 34.1 Å². The molecule has 2 aromatic carbocycles. The molecule has 0 bridgehead atoms. The summed E-state index contributed by atoms with van der Waals surface area (Å²) in [6.07, 6.45) is 1.42. The van der Waals surface area contributed by atoms with E-state index >= 15 is 0 Å².